The van der Waals surface area contributed by atoms with E-state index in [4.69, 9.17) is 0 Å². The lowest BCUT2D eigenvalue weighted by atomic mass is 9.96. The third-order valence-corrected chi connectivity index (χ3v) is 6.64. The molecule has 0 aromatic carbocycles. The Morgan fingerprint density at radius 3 is 2.40 bits per heavy atom. The first-order chi connectivity index (χ1) is 12.2. The van der Waals surface area contributed by atoms with Crippen molar-refractivity contribution in [3.63, 3.8) is 0 Å². The second kappa shape index (κ2) is 7.65. The highest BCUT2D eigenvalue weighted by atomic mass is 16.2. The number of amides is 2. The van der Waals surface area contributed by atoms with Gasteiger partial charge in [-0.3, -0.25) is 9.59 Å². The van der Waals surface area contributed by atoms with Crippen molar-refractivity contribution in [1.29, 1.82) is 0 Å². The van der Waals surface area contributed by atoms with Crippen LogP contribution in [0.25, 0.3) is 0 Å². The van der Waals surface area contributed by atoms with Gasteiger partial charge in [-0.15, -0.1) is 0 Å². The molecule has 2 aliphatic heterocycles. The van der Waals surface area contributed by atoms with Gasteiger partial charge in [0.1, 0.15) is 0 Å². The highest BCUT2D eigenvalue weighted by Crippen LogP contribution is 2.32. The summed E-state index contributed by atoms with van der Waals surface area (Å²) in [6.07, 6.45) is 10.6. The van der Waals surface area contributed by atoms with E-state index < -0.39 is 0 Å². The van der Waals surface area contributed by atoms with Crippen LogP contribution in [0.2, 0.25) is 0 Å². The van der Waals surface area contributed by atoms with Crippen LogP contribution in [0.15, 0.2) is 0 Å². The Morgan fingerprint density at radius 1 is 0.840 bits per heavy atom. The van der Waals surface area contributed by atoms with Crippen LogP contribution in [0.3, 0.4) is 0 Å². The van der Waals surface area contributed by atoms with Crippen LogP contribution in [-0.4, -0.2) is 60.4 Å². The fraction of sp³-hybridized carbons (Fsp3) is 0.900. The van der Waals surface area contributed by atoms with Crippen molar-refractivity contribution in [1.82, 2.24) is 15.1 Å². The second-order valence-corrected chi connectivity index (χ2v) is 8.80. The molecule has 5 heteroatoms. The van der Waals surface area contributed by atoms with Crippen molar-refractivity contribution in [2.45, 2.75) is 63.8 Å². The predicted octanol–water partition coefficient (Wildman–Crippen LogP) is 2.02. The van der Waals surface area contributed by atoms with Crippen LogP contribution in [0, 0.1) is 17.8 Å². The Balaban J connectivity index is 1.22. The summed E-state index contributed by atoms with van der Waals surface area (Å²) in [5.74, 6) is 1.62. The Hall–Kier alpha value is -1.10. The third kappa shape index (κ3) is 4.36. The lowest BCUT2D eigenvalue weighted by Crippen LogP contribution is -2.48. The average Bonchev–Trinajstić information content (AvgIpc) is 3.19. The predicted molar refractivity (Wildman–Crippen MR) is 97.0 cm³/mol. The fourth-order valence-electron chi connectivity index (χ4n) is 4.97. The largest absolute Gasteiger partial charge is 0.352 e. The van der Waals surface area contributed by atoms with Gasteiger partial charge in [0.2, 0.25) is 11.8 Å². The molecule has 4 aliphatic rings. The number of likely N-dealkylation sites (tertiary alicyclic amines) is 2. The number of hydrogen-bond acceptors (Lipinski definition) is 3. The van der Waals surface area contributed by atoms with Gasteiger partial charge in [-0.2, -0.15) is 0 Å². The number of piperidine rings is 1. The molecule has 2 atom stereocenters. The van der Waals surface area contributed by atoms with Crippen LogP contribution in [-0.2, 0) is 9.59 Å². The van der Waals surface area contributed by atoms with Gasteiger partial charge in [0.05, 0.1) is 5.92 Å². The maximum atomic E-state index is 12.7. The van der Waals surface area contributed by atoms with Crippen molar-refractivity contribution in [2.75, 3.05) is 32.7 Å². The number of hydrogen-bond donors (Lipinski definition) is 1. The number of nitrogens with zero attached hydrogens (tertiary/aromatic N) is 2. The van der Waals surface area contributed by atoms with E-state index in [1.807, 2.05) is 4.90 Å². The summed E-state index contributed by atoms with van der Waals surface area (Å²) in [6.45, 7) is 4.84. The molecular formula is C20H33N3O2. The molecule has 0 aromatic heterocycles. The standard InChI is InChI=1S/C20H33N3O2/c24-19(17-6-3-10-23(13-17)20(25)16-7-8-16)21-18-9-11-22(14-18)12-15-4-1-2-5-15/h15-18H,1-14H2,(H,21,24)/t17-,18-/m1/s1. The summed E-state index contributed by atoms with van der Waals surface area (Å²) in [5, 5.41) is 3.29. The number of nitrogens with one attached hydrogen (secondary N) is 1. The monoisotopic (exact) mass is 347 g/mol. The molecule has 140 valence electrons. The second-order valence-electron chi connectivity index (χ2n) is 8.80. The van der Waals surface area contributed by atoms with Crippen molar-refractivity contribution in [2.24, 2.45) is 17.8 Å². The molecule has 5 nitrogen and oxygen atoms in total. The van der Waals surface area contributed by atoms with E-state index in [0.717, 1.165) is 57.7 Å². The molecule has 2 heterocycles. The summed E-state index contributed by atoms with van der Waals surface area (Å²) >= 11 is 0. The minimum absolute atomic E-state index is 0.000307. The lowest BCUT2D eigenvalue weighted by Gasteiger charge is -2.32. The summed E-state index contributed by atoms with van der Waals surface area (Å²) in [7, 11) is 0. The minimum Gasteiger partial charge on any atom is -0.352 e. The van der Waals surface area contributed by atoms with Gasteiger partial charge >= 0.3 is 0 Å². The molecule has 0 radical (unpaired) electrons. The Morgan fingerprint density at radius 2 is 1.64 bits per heavy atom. The molecule has 2 aliphatic carbocycles. The first kappa shape index (κ1) is 17.3. The summed E-state index contributed by atoms with van der Waals surface area (Å²) in [4.78, 5) is 29.5. The fourth-order valence-corrected chi connectivity index (χ4v) is 4.97. The van der Waals surface area contributed by atoms with Crippen molar-refractivity contribution >= 4 is 11.8 Å². The zero-order valence-electron chi connectivity index (χ0n) is 15.4. The molecule has 4 rings (SSSR count). The van der Waals surface area contributed by atoms with Gasteiger partial charge in [-0.1, -0.05) is 12.8 Å². The first-order valence-electron chi connectivity index (χ1n) is 10.5. The van der Waals surface area contributed by atoms with Gasteiger partial charge in [-0.05, 0) is 50.9 Å². The van der Waals surface area contributed by atoms with E-state index in [1.165, 1.54) is 32.2 Å². The van der Waals surface area contributed by atoms with Gasteiger partial charge in [0.15, 0.2) is 0 Å². The maximum absolute atomic E-state index is 12.7. The molecule has 0 aromatic rings. The van der Waals surface area contributed by atoms with Crippen LogP contribution in [0.1, 0.15) is 57.8 Å². The van der Waals surface area contributed by atoms with E-state index in [0.29, 0.717) is 18.5 Å². The van der Waals surface area contributed by atoms with Gasteiger partial charge in [0.25, 0.3) is 0 Å². The summed E-state index contributed by atoms with van der Waals surface area (Å²) in [6, 6.07) is 0.309. The third-order valence-electron chi connectivity index (χ3n) is 6.64. The Labute approximate surface area is 151 Å². The van der Waals surface area contributed by atoms with E-state index in [9.17, 15) is 9.59 Å². The molecule has 2 amide bonds. The zero-order chi connectivity index (χ0) is 17.2. The molecule has 0 unspecified atom stereocenters. The molecular weight excluding hydrogens is 314 g/mol. The Kier molecular flexibility index (Phi) is 5.30. The molecule has 0 spiro atoms. The zero-order valence-corrected chi connectivity index (χ0v) is 15.4. The average molecular weight is 348 g/mol. The van der Waals surface area contributed by atoms with Gasteiger partial charge in [-0.25, -0.2) is 0 Å². The minimum atomic E-state index is 0.000307. The van der Waals surface area contributed by atoms with Gasteiger partial charge < -0.3 is 15.1 Å². The molecule has 2 saturated carbocycles. The van der Waals surface area contributed by atoms with Gasteiger partial charge in [0, 0.05) is 44.7 Å². The summed E-state index contributed by atoms with van der Waals surface area (Å²) < 4.78 is 0. The number of carbonyl (C=O) groups is 2. The van der Waals surface area contributed by atoms with Crippen molar-refractivity contribution in [3.05, 3.63) is 0 Å². The molecule has 0 bridgehead atoms. The topological polar surface area (TPSA) is 52.7 Å². The summed E-state index contributed by atoms with van der Waals surface area (Å²) in [5.41, 5.74) is 0. The number of rotatable bonds is 5. The molecule has 1 N–H and O–H groups in total. The highest BCUT2D eigenvalue weighted by Gasteiger charge is 2.37. The van der Waals surface area contributed by atoms with E-state index >= 15 is 0 Å². The van der Waals surface area contributed by atoms with E-state index in [1.54, 1.807) is 0 Å². The smallest absolute Gasteiger partial charge is 0.225 e. The van der Waals surface area contributed by atoms with E-state index in [-0.39, 0.29) is 17.7 Å². The molecule has 2 saturated heterocycles. The van der Waals surface area contributed by atoms with Crippen molar-refractivity contribution < 1.29 is 9.59 Å². The van der Waals surface area contributed by atoms with Crippen LogP contribution >= 0.6 is 0 Å². The lowest BCUT2D eigenvalue weighted by molar-refractivity contribution is -0.137. The van der Waals surface area contributed by atoms with Crippen LogP contribution < -0.4 is 5.32 Å². The normalized spacial score (nSPS) is 31.4. The van der Waals surface area contributed by atoms with Crippen molar-refractivity contribution in [3.8, 4) is 0 Å². The van der Waals surface area contributed by atoms with Crippen LogP contribution in [0.5, 0.6) is 0 Å². The highest BCUT2D eigenvalue weighted by molar-refractivity contribution is 5.83. The Bertz CT molecular complexity index is 499. The van der Waals surface area contributed by atoms with E-state index in [2.05, 4.69) is 10.2 Å². The quantitative estimate of drug-likeness (QED) is 0.828. The number of carbonyl (C=O) groups excluding carboxylic acids is 2. The SMILES string of the molecule is O=C(N[C@@H]1CCN(CC2CCCC2)C1)[C@@H]1CCCN(C(=O)C2CC2)C1. The molecule has 25 heavy (non-hydrogen) atoms. The van der Waals surface area contributed by atoms with Crippen LogP contribution in [0.4, 0.5) is 0 Å². The maximum Gasteiger partial charge on any atom is 0.225 e. The first-order valence-corrected chi connectivity index (χ1v) is 10.5. The molecule has 4 fully saturated rings.